The molecule has 0 radical (unpaired) electrons. The van der Waals surface area contributed by atoms with Gasteiger partial charge in [-0.3, -0.25) is 4.79 Å². The minimum atomic E-state index is -0.0221. The lowest BCUT2D eigenvalue weighted by molar-refractivity contribution is 0.0942. The van der Waals surface area contributed by atoms with Crippen molar-refractivity contribution in [2.45, 2.75) is 31.1 Å². The fraction of sp³-hybridized carbons (Fsp3) is 0.381. The molecule has 0 atom stereocenters. The molecule has 2 aromatic carbocycles. The Kier molecular flexibility index (Phi) is 5.07. The summed E-state index contributed by atoms with van der Waals surface area (Å²) < 4.78 is 12.4. The maximum atomic E-state index is 12.7. The first-order chi connectivity index (χ1) is 12.7. The van der Waals surface area contributed by atoms with Gasteiger partial charge in [-0.05, 0) is 65.3 Å². The standard InChI is InChI=1S/C21H22INO3/c22-17-6-2-1-5-16(17)20(24)23-14-21(9-3-4-10-21)15-7-8-18-19(13-15)26-12-11-25-18/h1-2,5-8,13H,3-4,9-12,14H2,(H,23,24). The largest absolute Gasteiger partial charge is 0.486 e. The maximum Gasteiger partial charge on any atom is 0.252 e. The van der Waals surface area contributed by atoms with Crippen molar-refractivity contribution in [2.75, 3.05) is 19.8 Å². The van der Waals surface area contributed by atoms with Gasteiger partial charge in [0.05, 0.1) is 5.56 Å². The molecule has 5 heteroatoms. The van der Waals surface area contributed by atoms with Gasteiger partial charge in [0.2, 0.25) is 0 Å². The predicted octanol–water partition coefficient (Wildman–Crippen LogP) is 4.30. The number of hydrogen-bond acceptors (Lipinski definition) is 3. The van der Waals surface area contributed by atoms with Gasteiger partial charge in [-0.15, -0.1) is 0 Å². The number of hydrogen-bond donors (Lipinski definition) is 1. The van der Waals surface area contributed by atoms with Crippen molar-refractivity contribution in [2.24, 2.45) is 0 Å². The second-order valence-corrected chi connectivity index (χ2v) is 8.17. The molecular weight excluding hydrogens is 441 g/mol. The van der Waals surface area contributed by atoms with E-state index in [0.717, 1.165) is 33.5 Å². The van der Waals surface area contributed by atoms with Crippen LogP contribution in [0, 0.1) is 3.57 Å². The number of amides is 1. The van der Waals surface area contributed by atoms with Crippen molar-refractivity contribution in [3.05, 3.63) is 57.2 Å². The quantitative estimate of drug-likeness (QED) is 0.688. The zero-order chi connectivity index (χ0) is 18.0. The summed E-state index contributed by atoms with van der Waals surface area (Å²) in [6.07, 6.45) is 4.54. The zero-order valence-electron chi connectivity index (χ0n) is 14.6. The summed E-state index contributed by atoms with van der Waals surface area (Å²) >= 11 is 2.21. The third-order valence-corrected chi connectivity index (χ3v) is 6.36. The number of halogens is 1. The summed E-state index contributed by atoms with van der Waals surface area (Å²) in [6.45, 7) is 1.84. The molecule has 1 fully saturated rings. The Morgan fingerprint density at radius 3 is 2.54 bits per heavy atom. The second-order valence-electron chi connectivity index (χ2n) is 7.01. The van der Waals surface area contributed by atoms with Gasteiger partial charge in [0.1, 0.15) is 13.2 Å². The summed E-state index contributed by atoms with van der Waals surface area (Å²) in [5.74, 6) is 1.64. The maximum absolute atomic E-state index is 12.7. The monoisotopic (exact) mass is 463 g/mol. The molecule has 1 heterocycles. The van der Waals surface area contributed by atoms with E-state index in [0.29, 0.717) is 19.8 Å². The number of benzene rings is 2. The van der Waals surface area contributed by atoms with Gasteiger partial charge in [-0.25, -0.2) is 0 Å². The first-order valence-corrected chi connectivity index (χ1v) is 10.2. The normalized spacial score (nSPS) is 17.7. The van der Waals surface area contributed by atoms with Crippen molar-refractivity contribution >= 4 is 28.5 Å². The molecule has 2 aliphatic rings. The smallest absolute Gasteiger partial charge is 0.252 e. The van der Waals surface area contributed by atoms with E-state index in [1.165, 1.54) is 18.4 Å². The van der Waals surface area contributed by atoms with Crippen LogP contribution < -0.4 is 14.8 Å². The highest BCUT2D eigenvalue weighted by atomic mass is 127. The highest BCUT2D eigenvalue weighted by molar-refractivity contribution is 14.1. The van der Waals surface area contributed by atoms with Crippen molar-refractivity contribution in [1.82, 2.24) is 5.32 Å². The molecular formula is C21H22INO3. The van der Waals surface area contributed by atoms with Gasteiger partial charge in [-0.1, -0.05) is 31.0 Å². The van der Waals surface area contributed by atoms with Crippen LogP contribution in [-0.2, 0) is 5.41 Å². The van der Waals surface area contributed by atoms with Crippen molar-refractivity contribution < 1.29 is 14.3 Å². The first-order valence-electron chi connectivity index (χ1n) is 9.11. The van der Waals surface area contributed by atoms with Crippen LogP contribution in [0.1, 0.15) is 41.6 Å². The highest BCUT2D eigenvalue weighted by Crippen LogP contribution is 2.43. The van der Waals surface area contributed by atoms with Crippen LogP contribution >= 0.6 is 22.6 Å². The number of carbonyl (C=O) groups is 1. The molecule has 4 nitrogen and oxygen atoms in total. The van der Waals surface area contributed by atoms with E-state index in [9.17, 15) is 4.79 Å². The zero-order valence-corrected chi connectivity index (χ0v) is 16.8. The van der Waals surface area contributed by atoms with Gasteiger partial charge in [0.15, 0.2) is 11.5 Å². The Morgan fingerprint density at radius 2 is 1.77 bits per heavy atom. The van der Waals surface area contributed by atoms with Crippen LogP contribution in [0.3, 0.4) is 0 Å². The van der Waals surface area contributed by atoms with E-state index in [4.69, 9.17) is 9.47 Å². The molecule has 26 heavy (non-hydrogen) atoms. The molecule has 1 N–H and O–H groups in total. The topological polar surface area (TPSA) is 47.6 Å². The Hall–Kier alpha value is -1.76. The lowest BCUT2D eigenvalue weighted by Crippen LogP contribution is -2.39. The van der Waals surface area contributed by atoms with Crippen molar-refractivity contribution in [1.29, 1.82) is 0 Å². The molecule has 4 rings (SSSR count). The average molecular weight is 463 g/mol. The molecule has 2 aromatic rings. The first kappa shape index (κ1) is 17.6. The van der Waals surface area contributed by atoms with Crippen LogP contribution in [0.25, 0.3) is 0 Å². The van der Waals surface area contributed by atoms with Crippen molar-refractivity contribution in [3.8, 4) is 11.5 Å². The molecule has 0 aromatic heterocycles. The molecule has 0 bridgehead atoms. The second kappa shape index (κ2) is 7.47. The summed E-state index contributed by atoms with van der Waals surface area (Å²) in [5, 5.41) is 3.19. The molecule has 0 saturated heterocycles. The number of nitrogens with one attached hydrogen (secondary N) is 1. The Bertz CT molecular complexity index is 815. The van der Waals surface area contributed by atoms with Crippen molar-refractivity contribution in [3.63, 3.8) is 0 Å². The third-order valence-electron chi connectivity index (χ3n) is 5.42. The number of ether oxygens (including phenoxy) is 2. The minimum Gasteiger partial charge on any atom is -0.486 e. The minimum absolute atomic E-state index is 0.00109. The van der Waals surface area contributed by atoms with E-state index in [1.54, 1.807) is 0 Å². The van der Waals surface area contributed by atoms with Gasteiger partial charge >= 0.3 is 0 Å². The lowest BCUT2D eigenvalue weighted by atomic mass is 9.78. The average Bonchev–Trinajstić information content (AvgIpc) is 3.16. The van der Waals surface area contributed by atoms with E-state index in [2.05, 4.69) is 40.0 Å². The molecule has 0 unspecified atom stereocenters. The Labute approximate surface area is 167 Å². The van der Waals surface area contributed by atoms with Gasteiger partial charge < -0.3 is 14.8 Å². The number of rotatable bonds is 4. The molecule has 1 aliphatic heterocycles. The van der Waals surface area contributed by atoms with Gasteiger partial charge in [0.25, 0.3) is 5.91 Å². The van der Waals surface area contributed by atoms with Crippen LogP contribution in [-0.4, -0.2) is 25.7 Å². The molecule has 1 aliphatic carbocycles. The van der Waals surface area contributed by atoms with Crippen LogP contribution in [0.4, 0.5) is 0 Å². The van der Waals surface area contributed by atoms with Gasteiger partial charge in [-0.2, -0.15) is 0 Å². The molecule has 1 saturated carbocycles. The van der Waals surface area contributed by atoms with E-state index in [1.807, 2.05) is 30.3 Å². The highest BCUT2D eigenvalue weighted by Gasteiger charge is 2.37. The van der Waals surface area contributed by atoms with E-state index in [-0.39, 0.29) is 11.3 Å². The molecule has 136 valence electrons. The summed E-state index contributed by atoms with van der Waals surface area (Å²) in [6, 6.07) is 13.9. The number of fused-ring (bicyclic) bond motifs is 1. The van der Waals surface area contributed by atoms with Crippen LogP contribution in [0.2, 0.25) is 0 Å². The Morgan fingerprint density at radius 1 is 1.04 bits per heavy atom. The fourth-order valence-electron chi connectivity index (χ4n) is 3.98. The summed E-state index contributed by atoms with van der Waals surface area (Å²) in [5.41, 5.74) is 1.96. The summed E-state index contributed by atoms with van der Waals surface area (Å²) in [7, 11) is 0. The Balaban J connectivity index is 1.55. The van der Waals surface area contributed by atoms with Crippen LogP contribution in [0.5, 0.6) is 11.5 Å². The lowest BCUT2D eigenvalue weighted by Gasteiger charge is -2.31. The molecule has 0 spiro atoms. The predicted molar refractivity (Wildman–Crippen MR) is 109 cm³/mol. The number of carbonyl (C=O) groups excluding carboxylic acids is 1. The third kappa shape index (κ3) is 3.41. The SMILES string of the molecule is O=C(NCC1(c2ccc3c(c2)OCCO3)CCCC1)c1ccccc1I. The fourth-order valence-corrected chi connectivity index (χ4v) is 4.61. The molecule has 1 amide bonds. The van der Waals surface area contributed by atoms with Crippen LogP contribution in [0.15, 0.2) is 42.5 Å². The van der Waals surface area contributed by atoms with Gasteiger partial charge in [0, 0.05) is 15.5 Å². The van der Waals surface area contributed by atoms with E-state index >= 15 is 0 Å². The summed E-state index contributed by atoms with van der Waals surface area (Å²) in [4.78, 5) is 12.7. The van der Waals surface area contributed by atoms with E-state index < -0.39 is 0 Å².